The summed E-state index contributed by atoms with van der Waals surface area (Å²) in [5.74, 6) is 0. The van der Waals surface area contributed by atoms with Crippen LogP contribution < -0.4 is 0 Å². The van der Waals surface area contributed by atoms with Crippen LogP contribution in [0, 0.1) is 0 Å². The molecule has 1 aromatic heterocycles. The molecule has 2 aromatic rings. The predicted octanol–water partition coefficient (Wildman–Crippen LogP) is 4.06. The first kappa shape index (κ1) is 10.4. The molecule has 0 amide bonds. The number of carbonyl (C=O) groups excluding carboxylic acids is 1. The molecule has 1 heterocycles. The Kier molecular flexibility index (Phi) is 3.17. The van der Waals surface area contributed by atoms with Gasteiger partial charge in [0.15, 0.2) is 6.29 Å². The van der Waals surface area contributed by atoms with Crippen molar-refractivity contribution in [1.82, 2.24) is 0 Å². The molecule has 1 nitrogen and oxygen atoms in total. The largest absolute Gasteiger partial charge is 0.298 e. The number of hydrogen-bond acceptors (Lipinski definition) is 2. The summed E-state index contributed by atoms with van der Waals surface area (Å²) in [7, 11) is 0. The monoisotopic (exact) mass is 218 g/mol. The highest BCUT2D eigenvalue weighted by molar-refractivity contribution is 7.19. The molecule has 0 unspecified atom stereocenters. The van der Waals surface area contributed by atoms with Crippen molar-refractivity contribution in [2.75, 3.05) is 0 Å². The van der Waals surface area contributed by atoms with E-state index in [0.717, 1.165) is 30.1 Å². The maximum Gasteiger partial charge on any atom is 0.151 e. The Morgan fingerprint density at radius 3 is 2.87 bits per heavy atom. The third-order valence-electron chi connectivity index (χ3n) is 2.59. The first-order valence-electron chi connectivity index (χ1n) is 5.32. The molecule has 0 spiro atoms. The van der Waals surface area contributed by atoms with Crippen molar-refractivity contribution in [3.05, 3.63) is 34.7 Å². The summed E-state index contributed by atoms with van der Waals surface area (Å²) in [6, 6.07) is 8.14. The second kappa shape index (κ2) is 4.58. The number of hydrogen-bond donors (Lipinski definition) is 0. The van der Waals surface area contributed by atoms with E-state index in [-0.39, 0.29) is 0 Å². The van der Waals surface area contributed by atoms with E-state index in [1.54, 1.807) is 11.3 Å². The van der Waals surface area contributed by atoms with Gasteiger partial charge in [0.2, 0.25) is 0 Å². The van der Waals surface area contributed by atoms with Gasteiger partial charge in [0, 0.05) is 20.5 Å². The molecule has 0 aliphatic carbocycles. The zero-order valence-electron chi connectivity index (χ0n) is 8.82. The molecule has 0 saturated heterocycles. The number of aldehydes is 1. The maximum absolute atomic E-state index is 11.1. The molecule has 0 fully saturated rings. The lowest BCUT2D eigenvalue weighted by Gasteiger charge is -1.95. The number of rotatable bonds is 4. The Morgan fingerprint density at radius 2 is 2.13 bits per heavy atom. The fourth-order valence-corrected chi connectivity index (χ4v) is 2.98. The van der Waals surface area contributed by atoms with E-state index in [1.165, 1.54) is 16.0 Å². The standard InChI is InChI=1S/C13H14OS/c1-2-3-7-13-11(9-14)10-6-4-5-8-12(10)15-13/h4-6,8-9H,2-3,7H2,1H3. The van der Waals surface area contributed by atoms with Crippen LogP contribution in [0.5, 0.6) is 0 Å². The SMILES string of the molecule is CCCCc1sc2ccccc2c1C=O. The van der Waals surface area contributed by atoms with Crippen molar-refractivity contribution in [1.29, 1.82) is 0 Å². The molecule has 0 aliphatic rings. The summed E-state index contributed by atoms with van der Waals surface area (Å²) in [5, 5.41) is 1.11. The molecule has 0 bridgehead atoms. The van der Waals surface area contributed by atoms with Crippen LogP contribution in [0.25, 0.3) is 10.1 Å². The van der Waals surface area contributed by atoms with E-state index in [4.69, 9.17) is 0 Å². The number of benzene rings is 1. The van der Waals surface area contributed by atoms with Gasteiger partial charge in [0.05, 0.1) is 0 Å². The number of fused-ring (bicyclic) bond motifs is 1. The van der Waals surface area contributed by atoms with E-state index >= 15 is 0 Å². The summed E-state index contributed by atoms with van der Waals surface area (Å²) in [5.41, 5.74) is 0.907. The summed E-state index contributed by atoms with van der Waals surface area (Å²) in [6.45, 7) is 2.17. The first-order chi connectivity index (χ1) is 7.36. The molecule has 2 heteroatoms. The molecule has 15 heavy (non-hydrogen) atoms. The molecule has 1 aromatic carbocycles. The average Bonchev–Trinajstić information content (AvgIpc) is 2.63. The van der Waals surface area contributed by atoms with E-state index in [0.29, 0.717) is 0 Å². The number of thiophene rings is 1. The molecule has 0 N–H and O–H groups in total. The highest BCUT2D eigenvalue weighted by Crippen LogP contribution is 2.30. The Morgan fingerprint density at radius 1 is 1.33 bits per heavy atom. The number of carbonyl (C=O) groups is 1. The number of unbranched alkanes of at least 4 members (excludes halogenated alkanes) is 1. The van der Waals surface area contributed by atoms with Gasteiger partial charge in [-0.3, -0.25) is 4.79 Å². The third kappa shape index (κ3) is 1.95. The molecule has 0 atom stereocenters. The first-order valence-corrected chi connectivity index (χ1v) is 6.14. The predicted molar refractivity (Wildman–Crippen MR) is 65.8 cm³/mol. The minimum absolute atomic E-state index is 0.907. The van der Waals surface area contributed by atoms with Crippen LogP contribution in [-0.4, -0.2) is 6.29 Å². The highest BCUT2D eigenvalue weighted by Gasteiger charge is 2.09. The molecule has 0 saturated carbocycles. The topological polar surface area (TPSA) is 17.1 Å². The van der Waals surface area contributed by atoms with Crippen LogP contribution in [0.15, 0.2) is 24.3 Å². The quantitative estimate of drug-likeness (QED) is 0.707. The summed E-state index contributed by atoms with van der Waals surface area (Å²) < 4.78 is 1.23. The summed E-state index contributed by atoms with van der Waals surface area (Å²) in [6.07, 6.45) is 4.37. The normalized spacial score (nSPS) is 10.7. The lowest BCUT2D eigenvalue weighted by molar-refractivity contribution is 0.112. The van der Waals surface area contributed by atoms with Crippen LogP contribution in [-0.2, 0) is 6.42 Å². The van der Waals surface area contributed by atoms with E-state index < -0.39 is 0 Å². The average molecular weight is 218 g/mol. The Labute approximate surface area is 93.7 Å². The fourth-order valence-electron chi connectivity index (χ4n) is 1.77. The molecule has 0 radical (unpaired) electrons. The zero-order chi connectivity index (χ0) is 10.7. The van der Waals surface area contributed by atoms with Crippen LogP contribution in [0.4, 0.5) is 0 Å². The Bertz CT molecular complexity index is 470. The van der Waals surface area contributed by atoms with Gasteiger partial charge in [-0.1, -0.05) is 31.5 Å². The second-order valence-corrected chi connectivity index (χ2v) is 4.79. The van der Waals surface area contributed by atoms with E-state index in [1.807, 2.05) is 18.2 Å². The minimum atomic E-state index is 0.907. The van der Waals surface area contributed by atoms with Crippen LogP contribution in [0.2, 0.25) is 0 Å². The van der Waals surface area contributed by atoms with Crippen molar-refractivity contribution in [2.45, 2.75) is 26.2 Å². The van der Waals surface area contributed by atoms with Gasteiger partial charge in [0.25, 0.3) is 0 Å². The fraction of sp³-hybridized carbons (Fsp3) is 0.308. The van der Waals surface area contributed by atoms with Crippen molar-refractivity contribution >= 4 is 27.7 Å². The molecule has 2 rings (SSSR count). The van der Waals surface area contributed by atoms with Gasteiger partial charge in [-0.15, -0.1) is 11.3 Å². The lowest BCUT2D eigenvalue weighted by Crippen LogP contribution is -1.86. The highest BCUT2D eigenvalue weighted by atomic mass is 32.1. The van der Waals surface area contributed by atoms with Crippen molar-refractivity contribution < 1.29 is 4.79 Å². The van der Waals surface area contributed by atoms with Crippen molar-refractivity contribution in [3.8, 4) is 0 Å². The van der Waals surface area contributed by atoms with Crippen LogP contribution in [0.3, 0.4) is 0 Å². The zero-order valence-corrected chi connectivity index (χ0v) is 9.64. The summed E-state index contributed by atoms with van der Waals surface area (Å²) in [4.78, 5) is 12.3. The third-order valence-corrected chi connectivity index (χ3v) is 3.83. The summed E-state index contributed by atoms with van der Waals surface area (Å²) >= 11 is 1.76. The van der Waals surface area contributed by atoms with Crippen molar-refractivity contribution in [2.24, 2.45) is 0 Å². The minimum Gasteiger partial charge on any atom is -0.298 e. The molecular formula is C13H14OS. The van der Waals surface area contributed by atoms with E-state index in [2.05, 4.69) is 13.0 Å². The molecule has 78 valence electrons. The lowest BCUT2D eigenvalue weighted by atomic mass is 10.1. The van der Waals surface area contributed by atoms with Gasteiger partial charge < -0.3 is 0 Å². The van der Waals surface area contributed by atoms with Crippen molar-refractivity contribution in [3.63, 3.8) is 0 Å². The van der Waals surface area contributed by atoms with Gasteiger partial charge in [-0.05, 0) is 18.9 Å². The molecule has 0 aliphatic heterocycles. The smallest absolute Gasteiger partial charge is 0.151 e. The van der Waals surface area contributed by atoms with Gasteiger partial charge in [0.1, 0.15) is 0 Å². The van der Waals surface area contributed by atoms with Crippen LogP contribution >= 0.6 is 11.3 Å². The maximum atomic E-state index is 11.1. The second-order valence-electron chi connectivity index (χ2n) is 3.66. The van der Waals surface area contributed by atoms with Crippen LogP contribution in [0.1, 0.15) is 35.0 Å². The van der Waals surface area contributed by atoms with Gasteiger partial charge >= 0.3 is 0 Å². The van der Waals surface area contributed by atoms with Gasteiger partial charge in [-0.2, -0.15) is 0 Å². The number of aryl methyl sites for hydroxylation is 1. The Hall–Kier alpha value is -1.15. The Balaban J connectivity index is 2.49. The molecular weight excluding hydrogens is 204 g/mol. The van der Waals surface area contributed by atoms with Gasteiger partial charge in [-0.25, -0.2) is 0 Å². The van der Waals surface area contributed by atoms with E-state index in [9.17, 15) is 4.79 Å².